The Morgan fingerprint density at radius 2 is 1.83 bits per heavy atom. The van der Waals surface area contributed by atoms with E-state index < -0.39 is 0 Å². The van der Waals surface area contributed by atoms with Crippen molar-refractivity contribution in [1.29, 1.82) is 0 Å². The van der Waals surface area contributed by atoms with Gasteiger partial charge in [0.15, 0.2) is 0 Å². The summed E-state index contributed by atoms with van der Waals surface area (Å²) in [6.07, 6.45) is 2.17. The number of nitrogens with zero attached hydrogens (tertiary/aromatic N) is 2. The van der Waals surface area contributed by atoms with E-state index in [1.54, 1.807) is 6.20 Å². The predicted octanol–water partition coefficient (Wildman–Crippen LogP) is 3.07. The van der Waals surface area contributed by atoms with Crippen LogP contribution >= 0.6 is 0 Å². The molecule has 3 aromatic rings. The molecule has 0 radical (unpaired) electrons. The summed E-state index contributed by atoms with van der Waals surface area (Å²) in [5.74, 6) is 0.760. The van der Waals surface area contributed by atoms with E-state index in [4.69, 9.17) is 4.74 Å². The highest BCUT2D eigenvalue weighted by Crippen LogP contribution is 2.21. The quantitative estimate of drug-likeness (QED) is 0.742. The van der Waals surface area contributed by atoms with Gasteiger partial charge in [-0.15, -0.1) is 0 Å². The molecule has 4 rings (SSSR count). The summed E-state index contributed by atoms with van der Waals surface area (Å²) in [4.78, 5) is 18.5. The summed E-state index contributed by atoms with van der Waals surface area (Å²) in [6, 6.07) is 19.9. The first kappa shape index (κ1) is 14.7. The third-order valence-corrected chi connectivity index (χ3v) is 4.35. The van der Waals surface area contributed by atoms with Crippen molar-refractivity contribution < 1.29 is 9.53 Å². The van der Waals surface area contributed by atoms with Gasteiger partial charge in [-0.3, -0.25) is 4.79 Å². The van der Waals surface area contributed by atoms with E-state index in [9.17, 15) is 4.79 Å². The lowest BCUT2D eigenvalue weighted by Crippen LogP contribution is -2.56. The molecule has 1 amide bonds. The second-order valence-electron chi connectivity index (χ2n) is 6.02. The molecule has 1 aliphatic rings. The first-order chi connectivity index (χ1) is 11.8. The van der Waals surface area contributed by atoms with E-state index in [0.29, 0.717) is 25.4 Å². The van der Waals surface area contributed by atoms with Gasteiger partial charge in [0.05, 0.1) is 19.5 Å². The fourth-order valence-electron chi connectivity index (χ4n) is 3.03. The maximum absolute atomic E-state index is 12.5. The van der Waals surface area contributed by atoms with Crippen LogP contribution in [0.3, 0.4) is 0 Å². The molecule has 4 heteroatoms. The lowest BCUT2D eigenvalue weighted by molar-refractivity contribution is -0.139. The molecule has 0 N–H and O–H groups in total. The minimum Gasteiger partial charge on any atom is -0.471 e. The van der Waals surface area contributed by atoms with Gasteiger partial charge in [-0.1, -0.05) is 48.5 Å². The summed E-state index contributed by atoms with van der Waals surface area (Å²) in [5.41, 5.74) is 1.08. The Bertz CT molecular complexity index is 852. The van der Waals surface area contributed by atoms with Crippen LogP contribution in [0.5, 0.6) is 5.88 Å². The number of aromatic nitrogens is 1. The first-order valence-corrected chi connectivity index (χ1v) is 8.12. The molecule has 120 valence electrons. The minimum atomic E-state index is 0.0383. The van der Waals surface area contributed by atoms with Crippen molar-refractivity contribution >= 4 is 16.7 Å². The van der Waals surface area contributed by atoms with Crippen molar-refractivity contribution in [3.8, 4) is 5.88 Å². The van der Waals surface area contributed by atoms with Crippen LogP contribution in [-0.2, 0) is 11.2 Å². The molecule has 4 nitrogen and oxygen atoms in total. The van der Waals surface area contributed by atoms with E-state index in [1.807, 2.05) is 47.4 Å². The molecule has 1 aliphatic heterocycles. The molecule has 0 saturated carbocycles. The van der Waals surface area contributed by atoms with Crippen molar-refractivity contribution in [2.45, 2.75) is 12.5 Å². The molecule has 24 heavy (non-hydrogen) atoms. The van der Waals surface area contributed by atoms with Crippen LogP contribution in [0.25, 0.3) is 10.8 Å². The number of hydrogen-bond donors (Lipinski definition) is 0. The van der Waals surface area contributed by atoms with Crippen molar-refractivity contribution in [2.75, 3.05) is 13.1 Å². The highest BCUT2D eigenvalue weighted by Gasteiger charge is 2.32. The summed E-state index contributed by atoms with van der Waals surface area (Å²) >= 11 is 0. The van der Waals surface area contributed by atoms with Gasteiger partial charge in [0, 0.05) is 12.3 Å². The van der Waals surface area contributed by atoms with E-state index in [1.165, 1.54) is 5.39 Å². The van der Waals surface area contributed by atoms with Crippen molar-refractivity contribution in [2.24, 2.45) is 0 Å². The molecule has 0 unspecified atom stereocenters. The fraction of sp³-hybridized carbons (Fsp3) is 0.200. The van der Waals surface area contributed by atoms with Gasteiger partial charge < -0.3 is 9.64 Å². The van der Waals surface area contributed by atoms with Gasteiger partial charge in [0.2, 0.25) is 11.8 Å². The van der Waals surface area contributed by atoms with Gasteiger partial charge in [-0.25, -0.2) is 4.98 Å². The lowest BCUT2D eigenvalue weighted by Gasteiger charge is -2.38. The molecular formula is C20H18N2O2. The number of fused-ring (bicyclic) bond motifs is 1. The Labute approximate surface area is 140 Å². The van der Waals surface area contributed by atoms with Crippen LogP contribution in [0.15, 0.2) is 66.9 Å². The number of carbonyl (C=O) groups excluding carboxylic acids is 1. The number of rotatable bonds is 4. The number of pyridine rings is 1. The molecule has 2 heterocycles. The average molecular weight is 318 g/mol. The smallest absolute Gasteiger partial charge is 0.227 e. The molecule has 2 aromatic carbocycles. The third-order valence-electron chi connectivity index (χ3n) is 4.35. The Hall–Kier alpha value is -2.88. The Kier molecular flexibility index (Phi) is 3.87. The Morgan fingerprint density at radius 1 is 1.04 bits per heavy atom. The fourth-order valence-corrected chi connectivity index (χ4v) is 3.03. The van der Waals surface area contributed by atoms with Crippen molar-refractivity contribution in [3.63, 3.8) is 0 Å². The van der Waals surface area contributed by atoms with Crippen LogP contribution in [-0.4, -0.2) is 35.0 Å². The first-order valence-electron chi connectivity index (χ1n) is 8.12. The zero-order valence-electron chi connectivity index (χ0n) is 13.3. The predicted molar refractivity (Wildman–Crippen MR) is 92.9 cm³/mol. The number of carbonyl (C=O) groups is 1. The molecule has 0 aliphatic carbocycles. The van der Waals surface area contributed by atoms with Crippen LogP contribution in [0.1, 0.15) is 5.56 Å². The highest BCUT2D eigenvalue weighted by atomic mass is 16.5. The summed E-state index contributed by atoms with van der Waals surface area (Å²) in [5, 5.41) is 2.32. The molecule has 0 bridgehead atoms. The van der Waals surface area contributed by atoms with Crippen LogP contribution in [0, 0.1) is 0 Å². The number of amides is 1. The second-order valence-corrected chi connectivity index (χ2v) is 6.02. The SMILES string of the molecule is O=C(Cc1cccc2ccccc12)N1CC(Oc2ccccn2)C1. The van der Waals surface area contributed by atoms with Gasteiger partial charge in [-0.05, 0) is 22.4 Å². The number of ether oxygens (including phenoxy) is 1. The van der Waals surface area contributed by atoms with E-state index >= 15 is 0 Å². The molecule has 0 atom stereocenters. The Balaban J connectivity index is 1.38. The van der Waals surface area contributed by atoms with Crippen LogP contribution in [0.2, 0.25) is 0 Å². The minimum absolute atomic E-state index is 0.0383. The van der Waals surface area contributed by atoms with E-state index in [-0.39, 0.29) is 12.0 Å². The third kappa shape index (κ3) is 2.95. The number of likely N-dealkylation sites (tertiary alicyclic amines) is 1. The molecule has 1 aromatic heterocycles. The molecular weight excluding hydrogens is 300 g/mol. The summed E-state index contributed by atoms with van der Waals surface area (Å²) < 4.78 is 5.75. The van der Waals surface area contributed by atoms with Gasteiger partial charge in [-0.2, -0.15) is 0 Å². The largest absolute Gasteiger partial charge is 0.471 e. The van der Waals surface area contributed by atoms with Crippen LogP contribution in [0.4, 0.5) is 0 Å². The Morgan fingerprint density at radius 3 is 2.67 bits per heavy atom. The summed E-state index contributed by atoms with van der Waals surface area (Å²) in [6.45, 7) is 1.25. The van der Waals surface area contributed by atoms with Gasteiger partial charge in [0.25, 0.3) is 0 Å². The number of hydrogen-bond acceptors (Lipinski definition) is 3. The highest BCUT2D eigenvalue weighted by molar-refractivity contribution is 5.90. The lowest BCUT2D eigenvalue weighted by atomic mass is 10.0. The maximum atomic E-state index is 12.5. The molecule has 1 saturated heterocycles. The average Bonchev–Trinajstić information content (AvgIpc) is 2.59. The second kappa shape index (κ2) is 6.32. The normalized spacial score (nSPS) is 14.4. The van der Waals surface area contributed by atoms with Crippen LogP contribution < -0.4 is 4.74 Å². The standard InChI is InChI=1S/C20H18N2O2/c23-20(12-16-8-5-7-15-6-1-2-9-18(15)16)22-13-17(14-22)24-19-10-3-4-11-21-19/h1-11,17H,12-14H2. The van der Waals surface area contributed by atoms with Crippen molar-refractivity contribution in [1.82, 2.24) is 9.88 Å². The number of benzene rings is 2. The van der Waals surface area contributed by atoms with Crippen molar-refractivity contribution in [3.05, 3.63) is 72.4 Å². The monoisotopic (exact) mass is 318 g/mol. The molecule has 0 spiro atoms. The zero-order chi connectivity index (χ0) is 16.4. The summed E-state index contributed by atoms with van der Waals surface area (Å²) in [7, 11) is 0. The van der Waals surface area contributed by atoms with Gasteiger partial charge >= 0.3 is 0 Å². The maximum Gasteiger partial charge on any atom is 0.227 e. The van der Waals surface area contributed by atoms with E-state index in [0.717, 1.165) is 10.9 Å². The van der Waals surface area contributed by atoms with E-state index in [2.05, 4.69) is 23.2 Å². The topological polar surface area (TPSA) is 42.4 Å². The molecule has 1 fully saturated rings. The van der Waals surface area contributed by atoms with Gasteiger partial charge in [0.1, 0.15) is 6.10 Å². The zero-order valence-corrected chi connectivity index (χ0v) is 13.3.